The van der Waals surface area contributed by atoms with Crippen LogP contribution in [0.2, 0.25) is 0 Å². The second-order valence-corrected chi connectivity index (χ2v) is 38.5. The molecular weight excluding hydrogens is 1520 g/mol. The van der Waals surface area contributed by atoms with Gasteiger partial charge >= 0.3 is 17.1 Å². The number of aromatic nitrogens is 4. The minimum Gasteiger partial charge on any atom is -0.664 e. The van der Waals surface area contributed by atoms with Crippen molar-refractivity contribution in [1.82, 2.24) is 19.9 Å². The van der Waals surface area contributed by atoms with E-state index in [0.717, 1.165) is 61.9 Å². The number of hydrogen-bond donors (Lipinski definition) is 1. The molecule has 0 spiro atoms. The van der Waals surface area contributed by atoms with Crippen molar-refractivity contribution in [2.75, 3.05) is 0 Å². The van der Waals surface area contributed by atoms with E-state index in [-0.39, 0.29) is 27.9 Å². The molecule has 6 heterocycles. The number of hydrogen-bond acceptors (Lipinski definition) is 4. The van der Waals surface area contributed by atoms with Crippen LogP contribution >= 0.6 is 31.7 Å². The van der Waals surface area contributed by atoms with Crippen LogP contribution in [0.4, 0.5) is 0 Å². The molecule has 0 amide bonds. The maximum Gasteiger partial charge on any atom is 1.00 e. The summed E-state index contributed by atoms with van der Waals surface area (Å²) < 4.78 is 14.5. The third kappa shape index (κ3) is 16.2. The van der Waals surface area contributed by atoms with Crippen LogP contribution in [0.5, 0.6) is 23.0 Å². The van der Waals surface area contributed by atoms with Gasteiger partial charge in [-0.15, -0.1) is 5.69 Å². The molecule has 1 N–H and O–H groups in total. The molecule has 0 bridgehead atoms. The molecule has 2 aliphatic heterocycles. The Morgan fingerprint density at radius 3 is 1.00 bits per heavy atom. The standard InChI is InChI=1S/2C39H32OP2.C13H10N2.C13H9N2.Cu/c2*1-39(2)33-25-15-27-35(41(29-17-7-3-8-18-29)30-19-9-4-10-20-30)37(33)40-38-34(39)26-16-28-36(38)42(31-21-11-5-12-22-31)32-23-13-6-14-24-32;2*1-4-10-5-2-9-15-13(10)11(6-1)12-7-3-8-14-12;/h2*3-28H,1-2H3;1-9,14H;1-9H;/q;;;-1;+1/p+2. The summed E-state index contributed by atoms with van der Waals surface area (Å²) in [4.78, 5) is 16.3. The van der Waals surface area contributed by atoms with Crippen LogP contribution in [-0.4, -0.2) is 15.0 Å². The van der Waals surface area contributed by atoms with Crippen LogP contribution in [0.1, 0.15) is 49.9 Å². The van der Waals surface area contributed by atoms with Crippen molar-refractivity contribution in [2.45, 2.75) is 38.5 Å². The van der Waals surface area contributed by atoms with Gasteiger partial charge in [0, 0.05) is 84.3 Å². The first kappa shape index (κ1) is 77.2. The molecule has 14 aromatic carbocycles. The van der Waals surface area contributed by atoms with Crippen LogP contribution in [-0.2, 0) is 27.9 Å². The minimum atomic E-state index is -1.32. The van der Waals surface area contributed by atoms with Gasteiger partial charge in [0.15, 0.2) is 11.5 Å². The molecule has 0 unspecified atom stereocenters. The Hall–Kier alpha value is -11.7. The smallest absolute Gasteiger partial charge is 0.664 e. The third-order valence-corrected chi connectivity index (χ3v) is 31.9. The number of rotatable bonds is 14. The molecule has 18 aromatic rings. The number of pyridine rings is 2. The number of ether oxygens (including phenoxy) is 2. The number of aromatic amines is 1. The van der Waals surface area contributed by atoms with E-state index >= 15 is 0 Å². The summed E-state index contributed by atoms with van der Waals surface area (Å²) in [6.45, 7) is 9.41. The summed E-state index contributed by atoms with van der Waals surface area (Å²) in [6, 6.07) is 143. The normalized spacial score (nSPS) is 12.5. The van der Waals surface area contributed by atoms with E-state index in [2.05, 4.69) is 412 Å². The van der Waals surface area contributed by atoms with Crippen molar-refractivity contribution in [2.24, 2.45) is 0 Å². The van der Waals surface area contributed by atoms with E-state index < -0.39 is 31.7 Å². The minimum absolute atomic E-state index is 0. The molecule has 0 saturated heterocycles. The average Bonchev–Trinajstić information content (AvgIpc) is 1.56. The Morgan fingerprint density at radius 2 is 0.635 bits per heavy atom. The van der Waals surface area contributed by atoms with Gasteiger partial charge in [-0.05, 0) is 128 Å². The average molecular weight is 1610 g/mol. The predicted octanol–water partition coefficient (Wildman–Crippen LogP) is 20.8. The predicted molar refractivity (Wildman–Crippen MR) is 490 cm³/mol. The monoisotopic (exact) mass is 1610 g/mol. The fourth-order valence-electron chi connectivity index (χ4n) is 15.9. The van der Waals surface area contributed by atoms with Gasteiger partial charge in [-0.3, -0.25) is 9.97 Å². The summed E-state index contributed by atoms with van der Waals surface area (Å²) in [6.07, 6.45) is 7.37. The zero-order valence-electron chi connectivity index (χ0n) is 64.3. The first-order valence-electron chi connectivity index (χ1n) is 38.7. The second-order valence-electron chi connectivity index (χ2n) is 29.2. The molecule has 20 rings (SSSR count). The van der Waals surface area contributed by atoms with Gasteiger partial charge in [0.25, 0.3) is 0 Å². The Labute approximate surface area is 690 Å². The van der Waals surface area contributed by atoms with Gasteiger partial charge in [-0.2, -0.15) is 6.20 Å². The van der Waals surface area contributed by atoms with Crippen LogP contribution < -0.4 is 78.1 Å². The number of nitrogens with zero attached hydrogens (tertiary/aromatic N) is 3. The van der Waals surface area contributed by atoms with Crippen molar-refractivity contribution >= 4 is 117 Å². The summed E-state index contributed by atoms with van der Waals surface area (Å²) in [5, 5.41) is 18.2. The number of benzene rings is 14. The van der Waals surface area contributed by atoms with E-state index in [1.165, 1.54) is 91.3 Å². The molecule has 0 saturated carbocycles. The van der Waals surface area contributed by atoms with E-state index in [0.29, 0.717) is 0 Å². The van der Waals surface area contributed by atoms with Crippen molar-refractivity contribution in [3.63, 3.8) is 0 Å². The van der Waals surface area contributed by atoms with E-state index in [4.69, 9.17) is 9.47 Å². The van der Waals surface area contributed by atoms with Crippen molar-refractivity contribution in [3.8, 4) is 45.5 Å². The number of nitrogens with one attached hydrogen (secondary N) is 1. The molecule has 0 fully saturated rings. The third-order valence-electron chi connectivity index (χ3n) is 21.4. The Balaban J connectivity index is 0.000000127. The number of para-hydroxylation sites is 6. The molecular formula is C104H85CuN4O2P4+2. The second kappa shape index (κ2) is 35.4. The molecule has 115 heavy (non-hydrogen) atoms. The maximum absolute atomic E-state index is 7.27. The van der Waals surface area contributed by atoms with Gasteiger partial charge in [0.1, 0.15) is 59.2 Å². The molecule has 0 atom stereocenters. The zero-order chi connectivity index (χ0) is 77.2. The summed E-state index contributed by atoms with van der Waals surface area (Å²) in [5.74, 6) is 4.09. The fraction of sp³-hybridized carbons (Fsp3) is 0.0577. The van der Waals surface area contributed by atoms with Gasteiger partial charge in [0.2, 0.25) is 0 Å². The molecule has 2 aliphatic rings. The Bertz CT molecular complexity index is 5430. The Morgan fingerprint density at radius 1 is 0.304 bits per heavy atom. The number of H-pyrrole nitrogens is 1. The summed E-state index contributed by atoms with van der Waals surface area (Å²) in [7, 11) is -4.29. The van der Waals surface area contributed by atoms with Crippen molar-refractivity contribution < 1.29 is 26.5 Å². The zero-order valence-corrected chi connectivity index (χ0v) is 69.0. The van der Waals surface area contributed by atoms with Crippen LogP contribution in [0, 0.1) is 0 Å². The van der Waals surface area contributed by atoms with E-state index in [1.54, 1.807) is 6.20 Å². The topological polar surface area (TPSA) is 74.1 Å². The van der Waals surface area contributed by atoms with Gasteiger partial charge in [-0.1, -0.05) is 343 Å². The molecule has 4 aromatic heterocycles. The molecule has 0 aliphatic carbocycles. The van der Waals surface area contributed by atoms with Gasteiger partial charge in [0.05, 0.1) is 11.0 Å². The quantitative estimate of drug-likeness (QED) is 0.0867. The maximum atomic E-state index is 7.27. The van der Waals surface area contributed by atoms with Crippen LogP contribution in [0.3, 0.4) is 0 Å². The molecule has 0 radical (unpaired) electrons. The van der Waals surface area contributed by atoms with Crippen LogP contribution in [0.15, 0.2) is 425 Å². The summed E-state index contributed by atoms with van der Waals surface area (Å²) in [5.41, 5.74) is 11.0. The van der Waals surface area contributed by atoms with Gasteiger partial charge < -0.3 is 19.4 Å². The number of fused-ring (bicyclic) bond motifs is 6. The SMILES string of the molecule is CC1(C)c2cccc(P(c3ccccc3)c3ccccc3)c2Oc2c(P(c3ccccc3)c3ccccc3)cccc21.CC1(C)c2cccc([PH+](c3ccccc3)c3ccccc3)c2Oc2c([PH+](c3ccccc3)c3ccccc3)cccc21.[Cu+].c1c[n-]c(-c2cccc3cccnc23)c1.c1c[nH]c(-c2cccc3cccnc23)c1. The van der Waals surface area contributed by atoms with E-state index in [9.17, 15) is 0 Å². The van der Waals surface area contributed by atoms with Crippen LogP contribution in [0.25, 0.3) is 44.3 Å². The molecule has 6 nitrogen and oxygen atoms in total. The summed E-state index contributed by atoms with van der Waals surface area (Å²) >= 11 is 0. The van der Waals surface area contributed by atoms with Gasteiger partial charge in [-0.25, -0.2) is 0 Å². The largest absolute Gasteiger partial charge is 1.00 e. The Kier molecular flexibility index (Phi) is 23.8. The van der Waals surface area contributed by atoms with Crippen molar-refractivity contribution in [3.05, 3.63) is 447 Å². The first-order valence-corrected chi connectivity index (χ1v) is 44.4. The molecule has 562 valence electrons. The first-order chi connectivity index (χ1) is 56.2. The van der Waals surface area contributed by atoms with Crippen molar-refractivity contribution in [1.29, 1.82) is 0 Å². The van der Waals surface area contributed by atoms with E-state index in [1.807, 2.05) is 55.0 Å². The fourth-order valence-corrected chi connectivity index (χ4v) is 26.1. The molecule has 11 heteroatoms.